The van der Waals surface area contributed by atoms with Crippen molar-refractivity contribution in [3.05, 3.63) is 44.8 Å². The Balaban J connectivity index is 1.19. The molecule has 1 aromatic carbocycles. The molecule has 2 N–H and O–H groups in total. The highest BCUT2D eigenvalue weighted by molar-refractivity contribution is 6.31. The van der Waals surface area contributed by atoms with E-state index in [1.54, 1.807) is 10.7 Å². The minimum Gasteiger partial charge on any atom is -0.342 e. The third kappa shape index (κ3) is 3.76. The van der Waals surface area contributed by atoms with Gasteiger partial charge in [-0.2, -0.15) is 4.68 Å². The third-order valence-electron chi connectivity index (χ3n) is 7.30. The predicted molar refractivity (Wildman–Crippen MR) is 123 cm³/mol. The van der Waals surface area contributed by atoms with Crippen molar-refractivity contribution < 1.29 is 4.79 Å². The summed E-state index contributed by atoms with van der Waals surface area (Å²) in [7, 11) is 0. The predicted octanol–water partition coefficient (Wildman–Crippen LogP) is 4.15. The molecular formula is C24H28ClN5O2. The molecule has 2 aliphatic carbocycles. The maximum Gasteiger partial charge on any atom is 0.277 e. The van der Waals surface area contributed by atoms with Gasteiger partial charge in [0.05, 0.1) is 11.0 Å². The number of likely N-dealkylation sites (tertiary alicyclic amines) is 1. The Morgan fingerprint density at radius 2 is 1.91 bits per heavy atom. The molecule has 2 saturated carbocycles. The highest BCUT2D eigenvalue weighted by Crippen LogP contribution is 2.41. The first kappa shape index (κ1) is 20.1. The molecule has 0 radical (unpaired) electrons. The van der Waals surface area contributed by atoms with Crippen LogP contribution in [0.15, 0.2) is 23.0 Å². The zero-order chi connectivity index (χ0) is 21.8. The second kappa shape index (κ2) is 7.80. The summed E-state index contributed by atoms with van der Waals surface area (Å²) in [5.41, 5.74) is 3.58. The van der Waals surface area contributed by atoms with Gasteiger partial charge in [-0.25, -0.2) is 4.98 Å². The molecule has 6 rings (SSSR count). The van der Waals surface area contributed by atoms with Crippen molar-refractivity contribution in [1.82, 2.24) is 24.6 Å². The number of piperidine rings is 1. The first-order valence-corrected chi connectivity index (χ1v) is 12.2. The summed E-state index contributed by atoms with van der Waals surface area (Å²) in [4.78, 5) is 35.5. The van der Waals surface area contributed by atoms with E-state index >= 15 is 0 Å². The maximum absolute atomic E-state index is 13.4. The lowest BCUT2D eigenvalue weighted by atomic mass is 9.90. The number of nitrogens with one attached hydrogen (secondary N) is 2. The van der Waals surface area contributed by atoms with Crippen LogP contribution in [0.3, 0.4) is 0 Å². The van der Waals surface area contributed by atoms with Gasteiger partial charge in [0.15, 0.2) is 0 Å². The van der Waals surface area contributed by atoms with E-state index in [1.165, 1.54) is 0 Å². The van der Waals surface area contributed by atoms with Crippen LogP contribution in [0, 0.1) is 11.8 Å². The molecule has 3 aromatic rings. The Hall–Kier alpha value is -2.54. The number of halogens is 1. The number of hydrogen-bond donors (Lipinski definition) is 2. The average Bonchev–Trinajstić information content (AvgIpc) is 3.72. The molecule has 32 heavy (non-hydrogen) atoms. The molecule has 168 valence electrons. The molecule has 1 aliphatic heterocycles. The van der Waals surface area contributed by atoms with E-state index in [0.29, 0.717) is 34.6 Å². The zero-order valence-corrected chi connectivity index (χ0v) is 18.8. The molecular weight excluding hydrogens is 426 g/mol. The monoisotopic (exact) mass is 453 g/mol. The van der Waals surface area contributed by atoms with Crippen molar-refractivity contribution in [3.63, 3.8) is 0 Å². The largest absolute Gasteiger partial charge is 0.342 e. The number of carbonyl (C=O) groups excluding carboxylic acids is 1. The van der Waals surface area contributed by atoms with Gasteiger partial charge in [0.2, 0.25) is 11.9 Å². The second-order valence-corrected chi connectivity index (χ2v) is 10.2. The molecule has 1 amide bonds. The molecule has 0 bridgehead atoms. The smallest absolute Gasteiger partial charge is 0.277 e. The first-order valence-electron chi connectivity index (χ1n) is 11.8. The fourth-order valence-electron chi connectivity index (χ4n) is 5.04. The zero-order valence-electron chi connectivity index (χ0n) is 18.1. The van der Waals surface area contributed by atoms with Gasteiger partial charge < -0.3 is 9.88 Å². The number of aromatic amines is 2. The van der Waals surface area contributed by atoms with E-state index in [1.807, 2.05) is 12.1 Å². The SMILES string of the molecule is O=C(C1CC1)N1CCC(CCc2c(C3CC3)[nH]n(-c3nc4ccc(Cl)cc4[nH]3)c2=O)CC1. The van der Waals surface area contributed by atoms with Crippen LogP contribution >= 0.6 is 11.6 Å². The standard InChI is InChI=1S/C24H28ClN5O2/c25-17-6-8-19-20(13-17)27-24(26-19)30-23(32)18(21(28-30)15-2-3-15)7-1-14-9-11-29(12-10-14)22(31)16-4-5-16/h6,8,13-16,28H,1-5,7,9-12H2,(H,26,27). The number of H-pyrrole nitrogens is 2. The van der Waals surface area contributed by atoms with Crippen LogP contribution in [0.1, 0.15) is 62.1 Å². The van der Waals surface area contributed by atoms with Gasteiger partial charge in [0.1, 0.15) is 0 Å². The van der Waals surface area contributed by atoms with Crippen molar-refractivity contribution in [2.75, 3.05) is 13.1 Å². The molecule has 8 heteroatoms. The summed E-state index contributed by atoms with van der Waals surface area (Å²) in [6.45, 7) is 1.74. The van der Waals surface area contributed by atoms with E-state index in [2.05, 4.69) is 20.0 Å². The minimum atomic E-state index is -0.00148. The van der Waals surface area contributed by atoms with E-state index in [9.17, 15) is 9.59 Å². The molecule has 3 heterocycles. The maximum atomic E-state index is 13.4. The number of imidazole rings is 1. The van der Waals surface area contributed by atoms with Gasteiger partial charge >= 0.3 is 0 Å². The lowest BCUT2D eigenvalue weighted by Crippen LogP contribution is -2.39. The number of benzene rings is 1. The average molecular weight is 454 g/mol. The van der Waals surface area contributed by atoms with Crippen LogP contribution in [0.25, 0.3) is 17.0 Å². The fourth-order valence-corrected chi connectivity index (χ4v) is 5.21. The summed E-state index contributed by atoms with van der Waals surface area (Å²) in [6, 6.07) is 5.48. The number of aromatic nitrogens is 4. The van der Waals surface area contributed by atoms with Crippen LogP contribution in [0.2, 0.25) is 5.02 Å². The van der Waals surface area contributed by atoms with E-state index in [0.717, 1.165) is 86.7 Å². The topological polar surface area (TPSA) is 86.8 Å². The van der Waals surface area contributed by atoms with Crippen LogP contribution in [0.4, 0.5) is 0 Å². The Kier molecular flexibility index (Phi) is 4.90. The van der Waals surface area contributed by atoms with Crippen molar-refractivity contribution in [3.8, 4) is 5.95 Å². The van der Waals surface area contributed by atoms with Gasteiger partial charge in [0.25, 0.3) is 5.56 Å². The van der Waals surface area contributed by atoms with Crippen LogP contribution < -0.4 is 5.56 Å². The molecule has 0 spiro atoms. The molecule has 0 unspecified atom stereocenters. The van der Waals surface area contributed by atoms with Gasteiger partial charge in [-0.3, -0.25) is 14.7 Å². The number of hydrogen-bond acceptors (Lipinski definition) is 3. The van der Waals surface area contributed by atoms with Crippen molar-refractivity contribution in [1.29, 1.82) is 0 Å². The van der Waals surface area contributed by atoms with Crippen molar-refractivity contribution in [2.45, 2.75) is 57.3 Å². The number of amides is 1. The van der Waals surface area contributed by atoms with E-state index in [-0.39, 0.29) is 5.56 Å². The van der Waals surface area contributed by atoms with Crippen molar-refractivity contribution >= 4 is 28.5 Å². The summed E-state index contributed by atoms with van der Waals surface area (Å²) in [6.07, 6.45) is 8.26. The van der Waals surface area contributed by atoms with E-state index in [4.69, 9.17) is 11.6 Å². The minimum absolute atomic E-state index is 0.00148. The van der Waals surface area contributed by atoms with Crippen LogP contribution in [0.5, 0.6) is 0 Å². The number of carbonyl (C=O) groups is 1. The van der Waals surface area contributed by atoms with Gasteiger partial charge in [-0.15, -0.1) is 0 Å². The summed E-state index contributed by atoms with van der Waals surface area (Å²) >= 11 is 6.10. The Bertz CT molecular complexity index is 1220. The number of rotatable bonds is 6. The molecule has 7 nitrogen and oxygen atoms in total. The lowest BCUT2D eigenvalue weighted by molar-refractivity contribution is -0.133. The van der Waals surface area contributed by atoms with E-state index < -0.39 is 0 Å². The second-order valence-electron chi connectivity index (χ2n) is 9.72. The number of fused-ring (bicyclic) bond motifs is 1. The Labute approximate surface area is 191 Å². The van der Waals surface area contributed by atoms with Gasteiger partial charge in [0, 0.05) is 41.2 Å². The third-order valence-corrected chi connectivity index (χ3v) is 7.54. The first-order chi connectivity index (χ1) is 15.6. The van der Waals surface area contributed by atoms with Gasteiger partial charge in [-0.05, 0) is 75.5 Å². The summed E-state index contributed by atoms with van der Waals surface area (Å²) in [5, 5.41) is 3.99. The molecule has 1 saturated heterocycles. The normalized spacial score (nSPS) is 19.7. The molecule has 2 aromatic heterocycles. The lowest BCUT2D eigenvalue weighted by Gasteiger charge is -2.32. The summed E-state index contributed by atoms with van der Waals surface area (Å²) < 4.78 is 1.56. The van der Waals surface area contributed by atoms with Crippen molar-refractivity contribution in [2.24, 2.45) is 11.8 Å². The quantitative estimate of drug-likeness (QED) is 0.587. The van der Waals surface area contributed by atoms with Crippen LogP contribution in [-0.4, -0.2) is 43.6 Å². The molecule has 3 aliphatic rings. The summed E-state index contributed by atoms with van der Waals surface area (Å²) in [5.74, 6) is 2.20. The number of nitrogens with zero attached hydrogens (tertiary/aromatic N) is 3. The van der Waals surface area contributed by atoms with Crippen LogP contribution in [-0.2, 0) is 11.2 Å². The Morgan fingerprint density at radius 3 is 2.62 bits per heavy atom. The highest BCUT2D eigenvalue weighted by Gasteiger charge is 2.35. The highest BCUT2D eigenvalue weighted by atomic mass is 35.5. The van der Waals surface area contributed by atoms with Gasteiger partial charge in [-0.1, -0.05) is 11.6 Å². The molecule has 0 atom stereocenters. The fraction of sp³-hybridized carbons (Fsp3) is 0.542. The Morgan fingerprint density at radius 1 is 1.12 bits per heavy atom. The molecule has 3 fully saturated rings.